The molecule has 0 aliphatic heterocycles. The third-order valence-corrected chi connectivity index (χ3v) is 4.64. The summed E-state index contributed by atoms with van der Waals surface area (Å²) in [6.07, 6.45) is 1.62. The number of nitrogens with one attached hydrogen (secondary N) is 1. The van der Waals surface area contributed by atoms with Crippen LogP contribution in [0.1, 0.15) is 11.1 Å². The number of hydrogen-bond donors (Lipinski definition) is 1. The van der Waals surface area contributed by atoms with Crippen LogP contribution in [0, 0.1) is 6.92 Å². The van der Waals surface area contributed by atoms with Crippen molar-refractivity contribution in [2.75, 3.05) is 11.9 Å². The Morgan fingerprint density at radius 2 is 1.93 bits per heavy atom. The summed E-state index contributed by atoms with van der Waals surface area (Å²) in [5.41, 5.74) is 1.79. The molecule has 2 aromatic carbocycles. The first-order valence-electron chi connectivity index (χ1n) is 8.07. The average molecular weight is 425 g/mol. The third-order valence-electron chi connectivity index (χ3n) is 3.77. The Morgan fingerprint density at radius 3 is 2.67 bits per heavy atom. The van der Waals surface area contributed by atoms with Gasteiger partial charge in [-0.2, -0.15) is 5.10 Å². The summed E-state index contributed by atoms with van der Waals surface area (Å²) in [5, 5.41) is 8.35. The number of anilines is 1. The molecular formula is C19H16Cl3N3O2. The fourth-order valence-corrected chi connectivity index (χ4v) is 3.08. The van der Waals surface area contributed by atoms with E-state index in [-0.39, 0.29) is 18.3 Å². The van der Waals surface area contributed by atoms with Gasteiger partial charge < -0.3 is 10.1 Å². The molecular weight excluding hydrogens is 409 g/mol. The summed E-state index contributed by atoms with van der Waals surface area (Å²) in [6.45, 7) is 2.16. The largest absolute Gasteiger partial charge is 0.483 e. The first kappa shape index (κ1) is 19.5. The van der Waals surface area contributed by atoms with Crippen LogP contribution in [0.3, 0.4) is 0 Å². The highest BCUT2D eigenvalue weighted by Gasteiger charge is 2.13. The van der Waals surface area contributed by atoms with Gasteiger partial charge in [0, 0.05) is 16.2 Å². The van der Waals surface area contributed by atoms with Crippen molar-refractivity contribution in [1.82, 2.24) is 9.78 Å². The Bertz CT molecular complexity index is 973. The molecule has 0 spiro atoms. The SMILES string of the molecule is Cc1ccccc1OCC(=O)Nc1nn(Cc2ccc(Cl)cc2Cl)cc1Cl. The zero-order valence-corrected chi connectivity index (χ0v) is 16.6. The van der Waals surface area contributed by atoms with Gasteiger partial charge in [-0.1, -0.05) is 59.1 Å². The summed E-state index contributed by atoms with van der Waals surface area (Å²) in [6, 6.07) is 12.7. The lowest BCUT2D eigenvalue weighted by Crippen LogP contribution is -2.21. The van der Waals surface area contributed by atoms with Crippen LogP contribution >= 0.6 is 34.8 Å². The fourth-order valence-electron chi connectivity index (χ4n) is 2.42. The minimum Gasteiger partial charge on any atom is -0.483 e. The van der Waals surface area contributed by atoms with Gasteiger partial charge in [0.15, 0.2) is 12.4 Å². The Morgan fingerprint density at radius 1 is 1.15 bits per heavy atom. The van der Waals surface area contributed by atoms with Gasteiger partial charge in [-0.15, -0.1) is 0 Å². The van der Waals surface area contributed by atoms with E-state index in [1.807, 2.05) is 31.2 Å². The standard InChI is InChI=1S/C19H16Cl3N3O2/c1-12-4-2-3-5-17(12)27-11-18(26)23-19-16(22)10-25(24-19)9-13-6-7-14(20)8-15(13)21/h2-8,10H,9,11H2,1H3,(H,23,24,26). The van der Waals surface area contributed by atoms with Gasteiger partial charge in [-0.3, -0.25) is 9.48 Å². The van der Waals surface area contributed by atoms with Crippen LogP contribution in [-0.2, 0) is 11.3 Å². The molecule has 0 fully saturated rings. The Balaban J connectivity index is 1.62. The molecule has 1 N–H and O–H groups in total. The topological polar surface area (TPSA) is 56.1 Å². The number of rotatable bonds is 6. The summed E-state index contributed by atoms with van der Waals surface area (Å²) in [5.74, 6) is 0.566. The van der Waals surface area contributed by atoms with Crippen LogP contribution in [0.2, 0.25) is 15.1 Å². The first-order chi connectivity index (χ1) is 12.9. The molecule has 0 aliphatic rings. The van der Waals surface area contributed by atoms with Gasteiger partial charge in [0.2, 0.25) is 0 Å². The van der Waals surface area contributed by atoms with Crippen LogP contribution in [0.5, 0.6) is 5.75 Å². The number of carbonyl (C=O) groups is 1. The molecule has 0 saturated carbocycles. The van der Waals surface area contributed by atoms with Crippen molar-refractivity contribution in [3.05, 3.63) is 74.9 Å². The Kier molecular flexibility index (Phi) is 6.26. The maximum absolute atomic E-state index is 12.1. The molecule has 5 nitrogen and oxygen atoms in total. The van der Waals surface area contributed by atoms with Gasteiger partial charge in [-0.05, 0) is 36.2 Å². The highest BCUT2D eigenvalue weighted by molar-refractivity contribution is 6.35. The second kappa shape index (κ2) is 8.65. The lowest BCUT2D eigenvalue weighted by molar-refractivity contribution is -0.118. The zero-order valence-electron chi connectivity index (χ0n) is 14.4. The van der Waals surface area contributed by atoms with Gasteiger partial charge in [0.05, 0.1) is 6.54 Å². The molecule has 0 aliphatic carbocycles. The van der Waals surface area contributed by atoms with Crippen LogP contribution in [0.25, 0.3) is 0 Å². The molecule has 3 rings (SSSR count). The van der Waals surface area contributed by atoms with Gasteiger partial charge in [0.25, 0.3) is 5.91 Å². The summed E-state index contributed by atoms with van der Waals surface area (Å²) in [7, 11) is 0. The lowest BCUT2D eigenvalue weighted by atomic mass is 10.2. The number of halogens is 3. The van der Waals surface area contributed by atoms with Gasteiger partial charge in [-0.25, -0.2) is 0 Å². The predicted molar refractivity (Wildman–Crippen MR) is 108 cm³/mol. The number of ether oxygens (including phenoxy) is 1. The molecule has 0 bridgehead atoms. The van der Waals surface area contributed by atoms with Crippen molar-refractivity contribution in [2.45, 2.75) is 13.5 Å². The molecule has 0 radical (unpaired) electrons. The number of aryl methyl sites for hydroxylation is 1. The minimum absolute atomic E-state index is 0.142. The lowest BCUT2D eigenvalue weighted by Gasteiger charge is -2.08. The van der Waals surface area contributed by atoms with Crippen molar-refractivity contribution < 1.29 is 9.53 Å². The van der Waals surface area contributed by atoms with Gasteiger partial charge >= 0.3 is 0 Å². The highest BCUT2D eigenvalue weighted by Crippen LogP contribution is 2.24. The van der Waals surface area contributed by atoms with Crippen molar-refractivity contribution in [1.29, 1.82) is 0 Å². The van der Waals surface area contributed by atoms with Crippen molar-refractivity contribution >= 4 is 46.5 Å². The minimum atomic E-state index is -0.352. The van der Waals surface area contributed by atoms with E-state index in [4.69, 9.17) is 39.5 Å². The summed E-state index contributed by atoms with van der Waals surface area (Å²) >= 11 is 18.3. The number of aromatic nitrogens is 2. The molecule has 1 heterocycles. The number of amides is 1. The number of carbonyl (C=O) groups excluding carboxylic acids is 1. The Labute approximate surface area is 171 Å². The number of benzene rings is 2. The highest BCUT2D eigenvalue weighted by atomic mass is 35.5. The van der Waals surface area contributed by atoms with Crippen molar-refractivity contribution in [3.63, 3.8) is 0 Å². The molecule has 1 aromatic heterocycles. The van der Waals surface area contributed by atoms with E-state index in [1.54, 1.807) is 29.1 Å². The molecule has 140 valence electrons. The van der Waals surface area contributed by atoms with E-state index in [2.05, 4.69) is 10.4 Å². The molecule has 3 aromatic rings. The van der Waals surface area contributed by atoms with E-state index < -0.39 is 0 Å². The normalized spacial score (nSPS) is 10.7. The Hall–Kier alpha value is -2.21. The smallest absolute Gasteiger partial charge is 0.263 e. The van der Waals surface area contributed by atoms with E-state index in [0.29, 0.717) is 27.4 Å². The van der Waals surface area contributed by atoms with Crippen molar-refractivity contribution in [2.24, 2.45) is 0 Å². The molecule has 0 atom stereocenters. The number of nitrogens with zero attached hydrogens (tertiary/aromatic N) is 2. The van der Waals surface area contributed by atoms with E-state index >= 15 is 0 Å². The second-order valence-corrected chi connectivity index (χ2v) is 7.11. The van der Waals surface area contributed by atoms with E-state index in [1.165, 1.54) is 0 Å². The third kappa shape index (κ3) is 5.16. The van der Waals surface area contributed by atoms with Crippen LogP contribution in [-0.4, -0.2) is 22.3 Å². The maximum atomic E-state index is 12.1. The van der Waals surface area contributed by atoms with Crippen LogP contribution in [0.4, 0.5) is 5.82 Å². The zero-order chi connectivity index (χ0) is 19.4. The summed E-state index contributed by atoms with van der Waals surface area (Å²) in [4.78, 5) is 12.1. The van der Waals surface area contributed by atoms with E-state index in [0.717, 1.165) is 11.1 Å². The second-order valence-electron chi connectivity index (χ2n) is 5.86. The molecule has 27 heavy (non-hydrogen) atoms. The van der Waals surface area contributed by atoms with Crippen molar-refractivity contribution in [3.8, 4) is 5.75 Å². The molecule has 0 unspecified atom stereocenters. The molecule has 0 saturated heterocycles. The quantitative estimate of drug-likeness (QED) is 0.590. The first-order valence-corrected chi connectivity index (χ1v) is 9.21. The molecule has 1 amide bonds. The average Bonchev–Trinajstić information content (AvgIpc) is 2.96. The maximum Gasteiger partial charge on any atom is 0.263 e. The van der Waals surface area contributed by atoms with Gasteiger partial charge in [0.1, 0.15) is 10.8 Å². The predicted octanol–water partition coefficient (Wildman–Crippen LogP) is 5.22. The van der Waals surface area contributed by atoms with Crippen LogP contribution < -0.4 is 10.1 Å². The molecule has 8 heteroatoms. The number of hydrogen-bond acceptors (Lipinski definition) is 3. The van der Waals surface area contributed by atoms with Crippen LogP contribution in [0.15, 0.2) is 48.7 Å². The fraction of sp³-hybridized carbons (Fsp3) is 0.158. The summed E-state index contributed by atoms with van der Waals surface area (Å²) < 4.78 is 7.11. The van der Waals surface area contributed by atoms with E-state index in [9.17, 15) is 4.79 Å². The number of para-hydroxylation sites is 1. The monoisotopic (exact) mass is 423 g/mol.